The molecule has 0 heterocycles. The summed E-state index contributed by atoms with van der Waals surface area (Å²) in [5, 5.41) is 0. The number of nitrogens with zero attached hydrogens (tertiary/aromatic N) is 1. The lowest BCUT2D eigenvalue weighted by molar-refractivity contribution is 0.0443. The third-order valence-electron chi connectivity index (χ3n) is 2.24. The van der Waals surface area contributed by atoms with Crippen molar-refractivity contribution in [3.05, 3.63) is 0 Å². The predicted molar refractivity (Wildman–Crippen MR) is 72.0 cm³/mol. The molecular formula is C9H26N8O. The van der Waals surface area contributed by atoms with Gasteiger partial charge in [-0.05, 0) is 6.72 Å². The van der Waals surface area contributed by atoms with Gasteiger partial charge in [0, 0.05) is 12.8 Å². The summed E-state index contributed by atoms with van der Waals surface area (Å²) in [6.45, 7) is 3.47. The minimum absolute atomic E-state index is 0.0339. The molecule has 0 saturated heterocycles. The fourth-order valence-corrected chi connectivity index (χ4v) is 1.49. The van der Waals surface area contributed by atoms with Crippen LogP contribution < -0.4 is 40.1 Å². The van der Waals surface area contributed by atoms with Gasteiger partial charge >= 0.3 is 0 Å². The molecule has 0 radical (unpaired) electrons. The van der Waals surface area contributed by atoms with Gasteiger partial charge in [0.15, 0.2) is 0 Å². The quantitative estimate of drug-likeness (QED) is 0.162. The molecule has 0 bridgehead atoms. The maximum absolute atomic E-state index is 5.88. The van der Waals surface area contributed by atoms with Gasteiger partial charge in [0.05, 0.1) is 31.2 Å². The van der Waals surface area contributed by atoms with Crippen LogP contribution in [-0.2, 0) is 4.74 Å². The van der Waals surface area contributed by atoms with Crippen molar-refractivity contribution < 1.29 is 4.74 Å². The van der Waals surface area contributed by atoms with Crippen LogP contribution in [0.5, 0.6) is 0 Å². The Morgan fingerprint density at radius 3 is 1.83 bits per heavy atom. The van der Waals surface area contributed by atoms with E-state index in [-0.39, 0.29) is 26.1 Å². The van der Waals surface area contributed by atoms with E-state index in [1.165, 1.54) is 0 Å². The second-order valence-electron chi connectivity index (χ2n) is 4.72. The normalized spacial score (nSPS) is 16.1. The molecule has 14 N–H and O–H groups in total. The minimum Gasteiger partial charge on any atom is -0.374 e. The molecule has 9 nitrogen and oxygen atoms in total. The summed E-state index contributed by atoms with van der Waals surface area (Å²) in [4.78, 5) is 3.75. The third-order valence-corrected chi connectivity index (χ3v) is 2.24. The van der Waals surface area contributed by atoms with E-state index < -0.39 is 23.7 Å². The Balaban J connectivity index is 4.18. The fourth-order valence-electron chi connectivity index (χ4n) is 1.49. The molecule has 0 aromatic heterocycles. The Kier molecular flexibility index (Phi) is 6.81. The molecule has 0 aromatic carbocycles. The maximum Gasteiger partial charge on any atom is 0.133 e. The van der Waals surface area contributed by atoms with Crippen LogP contribution in [-0.4, -0.2) is 43.6 Å². The molecule has 0 aliphatic rings. The number of ether oxygens (including phenoxy) is 1. The predicted octanol–water partition coefficient (Wildman–Crippen LogP) is -3.76. The van der Waals surface area contributed by atoms with Crippen molar-refractivity contribution in [3.8, 4) is 0 Å². The number of nitrogens with two attached hydrogens (primary N) is 7. The highest BCUT2D eigenvalue weighted by Gasteiger charge is 2.27. The third kappa shape index (κ3) is 7.63. The first-order valence-electron chi connectivity index (χ1n) is 5.55. The van der Waals surface area contributed by atoms with Gasteiger partial charge in [-0.3, -0.25) is 4.99 Å². The summed E-state index contributed by atoms with van der Waals surface area (Å²) in [7, 11) is 0. The van der Waals surface area contributed by atoms with Crippen molar-refractivity contribution in [3.63, 3.8) is 0 Å². The van der Waals surface area contributed by atoms with Crippen LogP contribution in [0.2, 0.25) is 0 Å². The Labute approximate surface area is 107 Å². The second-order valence-corrected chi connectivity index (χ2v) is 4.72. The number of hydrogen-bond donors (Lipinski definition) is 7. The van der Waals surface area contributed by atoms with Crippen molar-refractivity contribution >= 4 is 6.72 Å². The van der Waals surface area contributed by atoms with E-state index in [0.29, 0.717) is 0 Å². The fraction of sp³-hybridized carbons (Fsp3) is 0.889. The second kappa shape index (κ2) is 7.07. The van der Waals surface area contributed by atoms with Crippen LogP contribution in [0.4, 0.5) is 0 Å². The van der Waals surface area contributed by atoms with Crippen molar-refractivity contribution in [2.24, 2.45) is 45.1 Å². The Morgan fingerprint density at radius 1 is 0.944 bits per heavy atom. The summed E-state index contributed by atoms with van der Waals surface area (Å²) in [6, 6.07) is 0. The van der Waals surface area contributed by atoms with Crippen molar-refractivity contribution in [2.75, 3.05) is 13.2 Å². The Morgan fingerprint density at radius 2 is 1.44 bits per heavy atom. The number of rotatable bonds is 9. The SMILES string of the molecule is C=NC(N)(COCC(N)(N)CC(N)N)CC(N)N. The lowest BCUT2D eigenvalue weighted by atomic mass is 10.1. The summed E-state index contributed by atoms with van der Waals surface area (Å²) < 4.78 is 5.33. The summed E-state index contributed by atoms with van der Waals surface area (Å²) >= 11 is 0. The molecule has 1 unspecified atom stereocenters. The van der Waals surface area contributed by atoms with Gasteiger partial charge in [-0.15, -0.1) is 0 Å². The van der Waals surface area contributed by atoms with Gasteiger partial charge in [-0.2, -0.15) is 0 Å². The molecule has 18 heavy (non-hydrogen) atoms. The van der Waals surface area contributed by atoms with Gasteiger partial charge in [-0.1, -0.05) is 0 Å². The highest BCUT2D eigenvalue weighted by Crippen LogP contribution is 2.10. The zero-order valence-corrected chi connectivity index (χ0v) is 10.6. The molecule has 0 aliphatic carbocycles. The average Bonchev–Trinajstić information content (AvgIpc) is 2.13. The van der Waals surface area contributed by atoms with Crippen LogP contribution in [0.25, 0.3) is 0 Å². The van der Waals surface area contributed by atoms with E-state index in [2.05, 4.69) is 11.7 Å². The van der Waals surface area contributed by atoms with Gasteiger partial charge in [0.25, 0.3) is 0 Å². The molecule has 0 spiro atoms. The van der Waals surface area contributed by atoms with E-state index in [4.69, 9.17) is 44.9 Å². The molecule has 108 valence electrons. The van der Waals surface area contributed by atoms with Gasteiger partial charge in [0.2, 0.25) is 0 Å². The summed E-state index contributed by atoms with van der Waals surface area (Å²) in [6.07, 6.45) is -0.777. The summed E-state index contributed by atoms with van der Waals surface area (Å²) in [5.41, 5.74) is 36.9. The average molecular weight is 262 g/mol. The van der Waals surface area contributed by atoms with E-state index in [1.807, 2.05) is 0 Å². The van der Waals surface area contributed by atoms with Crippen LogP contribution >= 0.6 is 0 Å². The van der Waals surface area contributed by atoms with Crippen molar-refractivity contribution in [1.82, 2.24) is 0 Å². The van der Waals surface area contributed by atoms with E-state index >= 15 is 0 Å². The van der Waals surface area contributed by atoms with E-state index in [1.54, 1.807) is 0 Å². The van der Waals surface area contributed by atoms with Crippen LogP contribution in [0.1, 0.15) is 12.8 Å². The topological polar surface area (TPSA) is 204 Å². The molecule has 0 aromatic rings. The molecule has 0 fully saturated rings. The van der Waals surface area contributed by atoms with Gasteiger partial charge < -0.3 is 44.9 Å². The molecule has 0 amide bonds. The zero-order valence-electron chi connectivity index (χ0n) is 10.6. The Hall–Kier alpha value is -0.650. The number of aliphatic imine (C=N–C) groups is 1. The van der Waals surface area contributed by atoms with Crippen LogP contribution in [0.15, 0.2) is 4.99 Å². The number of hydrogen-bond acceptors (Lipinski definition) is 9. The molecular weight excluding hydrogens is 236 g/mol. The van der Waals surface area contributed by atoms with E-state index in [0.717, 1.165) is 0 Å². The molecule has 0 saturated carbocycles. The first-order valence-corrected chi connectivity index (χ1v) is 5.55. The van der Waals surface area contributed by atoms with Crippen molar-refractivity contribution in [2.45, 2.75) is 36.5 Å². The van der Waals surface area contributed by atoms with Crippen LogP contribution in [0.3, 0.4) is 0 Å². The standard InChI is InChI=1S/C9H26N8O/c1-17-9(16,3-7(12)13)5-18-4-8(14,15)2-6(10)11/h6-7H,1-5,10-16H2. The van der Waals surface area contributed by atoms with Gasteiger partial charge in [-0.25, -0.2) is 0 Å². The van der Waals surface area contributed by atoms with Gasteiger partial charge in [0.1, 0.15) is 5.66 Å². The maximum atomic E-state index is 5.88. The highest BCUT2D eigenvalue weighted by molar-refractivity contribution is 5.25. The first-order chi connectivity index (χ1) is 8.10. The minimum atomic E-state index is -1.12. The first kappa shape index (κ1) is 17.4. The van der Waals surface area contributed by atoms with Crippen LogP contribution in [0, 0.1) is 0 Å². The summed E-state index contributed by atoms with van der Waals surface area (Å²) in [5.74, 6) is 0. The largest absolute Gasteiger partial charge is 0.374 e. The van der Waals surface area contributed by atoms with E-state index in [9.17, 15) is 0 Å². The molecule has 9 heteroatoms. The lowest BCUT2D eigenvalue weighted by Gasteiger charge is -2.30. The Bertz CT molecular complexity index is 257. The van der Waals surface area contributed by atoms with Crippen molar-refractivity contribution in [1.29, 1.82) is 0 Å². The molecule has 0 rings (SSSR count). The smallest absolute Gasteiger partial charge is 0.133 e. The lowest BCUT2D eigenvalue weighted by Crippen LogP contribution is -2.59. The zero-order chi connectivity index (χ0) is 14.4. The molecule has 1 atom stereocenters. The molecule has 0 aliphatic heterocycles. The monoisotopic (exact) mass is 262 g/mol. The highest BCUT2D eigenvalue weighted by atomic mass is 16.5.